The van der Waals surface area contributed by atoms with Crippen LogP contribution in [0.4, 0.5) is 0 Å². The monoisotopic (exact) mass is 238 g/mol. The van der Waals surface area contributed by atoms with E-state index in [2.05, 4.69) is 41.4 Å². The Balaban J connectivity index is 2.05. The van der Waals surface area contributed by atoms with Crippen LogP contribution in [0, 0.1) is 0 Å². The highest BCUT2D eigenvalue weighted by atomic mass is 16.1. The van der Waals surface area contributed by atoms with E-state index in [0.717, 1.165) is 12.2 Å². The van der Waals surface area contributed by atoms with Gasteiger partial charge < -0.3 is 15.6 Å². The third-order valence-electron chi connectivity index (χ3n) is 2.25. The number of H-pyrrole nitrogens is 1. The lowest BCUT2D eigenvalue weighted by Crippen LogP contribution is -2.38. The standard InChI is InChI=1S/C12H22N4O/c1-12(2,3)16-7-5-11(17)15-6-4-10-13-8-9-14-10/h8-9,16H,4-7H2,1-3H3,(H,13,14)(H,15,17). The van der Waals surface area contributed by atoms with Crippen LogP contribution in [0.25, 0.3) is 0 Å². The molecule has 1 aromatic rings. The molecule has 0 aliphatic carbocycles. The maximum absolute atomic E-state index is 11.5. The summed E-state index contributed by atoms with van der Waals surface area (Å²) in [4.78, 5) is 18.6. The first-order valence-corrected chi connectivity index (χ1v) is 5.97. The Morgan fingerprint density at radius 1 is 1.41 bits per heavy atom. The second kappa shape index (κ2) is 6.39. The Bertz CT molecular complexity index is 327. The van der Waals surface area contributed by atoms with Crippen molar-refractivity contribution >= 4 is 5.91 Å². The topological polar surface area (TPSA) is 69.8 Å². The number of hydrogen-bond donors (Lipinski definition) is 3. The molecule has 0 atom stereocenters. The molecule has 0 unspecified atom stereocenters. The van der Waals surface area contributed by atoms with E-state index in [0.29, 0.717) is 19.5 Å². The van der Waals surface area contributed by atoms with Crippen LogP contribution in [0.15, 0.2) is 12.4 Å². The molecular formula is C12H22N4O. The summed E-state index contributed by atoms with van der Waals surface area (Å²) in [6, 6.07) is 0. The van der Waals surface area contributed by atoms with E-state index in [4.69, 9.17) is 0 Å². The SMILES string of the molecule is CC(C)(C)NCCC(=O)NCCc1ncc[nH]1. The number of nitrogens with zero attached hydrogens (tertiary/aromatic N) is 1. The van der Waals surface area contributed by atoms with Crippen molar-refractivity contribution < 1.29 is 4.79 Å². The number of hydrogen-bond acceptors (Lipinski definition) is 3. The zero-order valence-electron chi connectivity index (χ0n) is 10.8. The minimum absolute atomic E-state index is 0.0639. The molecule has 0 aliphatic heterocycles. The molecule has 0 radical (unpaired) electrons. The lowest BCUT2D eigenvalue weighted by atomic mass is 10.1. The van der Waals surface area contributed by atoms with Crippen molar-refractivity contribution in [1.82, 2.24) is 20.6 Å². The molecule has 3 N–H and O–H groups in total. The second-order valence-corrected chi connectivity index (χ2v) is 5.06. The van der Waals surface area contributed by atoms with Crippen molar-refractivity contribution in [2.75, 3.05) is 13.1 Å². The van der Waals surface area contributed by atoms with Gasteiger partial charge in [-0.1, -0.05) is 0 Å². The third kappa shape index (κ3) is 6.73. The second-order valence-electron chi connectivity index (χ2n) is 5.06. The van der Waals surface area contributed by atoms with Crippen LogP contribution in [0.5, 0.6) is 0 Å². The summed E-state index contributed by atoms with van der Waals surface area (Å²) in [6.45, 7) is 7.59. The summed E-state index contributed by atoms with van der Waals surface area (Å²) in [5, 5.41) is 6.15. The predicted octanol–water partition coefficient (Wildman–Crippen LogP) is 0.847. The van der Waals surface area contributed by atoms with Crippen molar-refractivity contribution in [3.05, 3.63) is 18.2 Å². The molecule has 0 aliphatic rings. The molecule has 0 saturated carbocycles. The molecule has 1 rings (SSSR count). The summed E-state index contributed by atoms with van der Waals surface area (Å²) in [6.07, 6.45) is 4.75. The van der Waals surface area contributed by atoms with Gasteiger partial charge in [-0.05, 0) is 20.8 Å². The average Bonchev–Trinajstić information content (AvgIpc) is 2.68. The zero-order valence-corrected chi connectivity index (χ0v) is 10.8. The Morgan fingerprint density at radius 2 is 2.18 bits per heavy atom. The molecule has 0 fully saturated rings. The highest BCUT2D eigenvalue weighted by Crippen LogP contribution is 1.97. The van der Waals surface area contributed by atoms with Crippen LogP contribution in [0.1, 0.15) is 33.0 Å². The molecule has 0 saturated heterocycles. The number of carbonyl (C=O) groups is 1. The van der Waals surface area contributed by atoms with Crippen molar-refractivity contribution in [3.63, 3.8) is 0 Å². The van der Waals surface area contributed by atoms with E-state index in [1.807, 2.05) is 0 Å². The van der Waals surface area contributed by atoms with Gasteiger partial charge >= 0.3 is 0 Å². The van der Waals surface area contributed by atoms with Gasteiger partial charge in [0.2, 0.25) is 5.91 Å². The summed E-state index contributed by atoms with van der Waals surface area (Å²) in [7, 11) is 0. The maximum Gasteiger partial charge on any atom is 0.221 e. The summed E-state index contributed by atoms with van der Waals surface area (Å²) in [5.41, 5.74) is 0.0639. The average molecular weight is 238 g/mol. The molecule has 1 heterocycles. The first kappa shape index (κ1) is 13.7. The van der Waals surface area contributed by atoms with Crippen molar-refractivity contribution in [2.45, 2.75) is 39.2 Å². The highest BCUT2D eigenvalue weighted by Gasteiger charge is 2.09. The summed E-state index contributed by atoms with van der Waals surface area (Å²) in [5.74, 6) is 0.978. The molecule has 5 heteroatoms. The van der Waals surface area contributed by atoms with Gasteiger partial charge in [0.25, 0.3) is 0 Å². The van der Waals surface area contributed by atoms with Crippen LogP contribution < -0.4 is 10.6 Å². The number of imidazole rings is 1. The molecule has 17 heavy (non-hydrogen) atoms. The van der Waals surface area contributed by atoms with E-state index in [1.165, 1.54) is 0 Å². The van der Waals surface area contributed by atoms with E-state index in [1.54, 1.807) is 12.4 Å². The summed E-state index contributed by atoms with van der Waals surface area (Å²) >= 11 is 0. The van der Waals surface area contributed by atoms with Gasteiger partial charge in [0, 0.05) is 43.9 Å². The first-order valence-electron chi connectivity index (χ1n) is 5.97. The van der Waals surface area contributed by atoms with Crippen molar-refractivity contribution in [1.29, 1.82) is 0 Å². The van der Waals surface area contributed by atoms with Crippen molar-refractivity contribution in [3.8, 4) is 0 Å². The maximum atomic E-state index is 11.5. The molecule has 1 aromatic heterocycles. The number of amides is 1. The van der Waals surface area contributed by atoms with Crippen LogP contribution in [-0.4, -0.2) is 34.5 Å². The minimum Gasteiger partial charge on any atom is -0.356 e. The highest BCUT2D eigenvalue weighted by molar-refractivity contribution is 5.76. The van der Waals surface area contributed by atoms with E-state index < -0.39 is 0 Å². The summed E-state index contributed by atoms with van der Waals surface area (Å²) < 4.78 is 0. The normalized spacial score (nSPS) is 11.5. The Labute approximate surface area is 102 Å². The Hall–Kier alpha value is -1.36. The fraction of sp³-hybridized carbons (Fsp3) is 0.667. The van der Waals surface area contributed by atoms with Crippen LogP contribution >= 0.6 is 0 Å². The molecule has 0 aromatic carbocycles. The zero-order chi connectivity index (χ0) is 12.7. The predicted molar refractivity (Wildman–Crippen MR) is 67.7 cm³/mol. The molecule has 0 bridgehead atoms. The molecule has 96 valence electrons. The number of aromatic nitrogens is 2. The molecular weight excluding hydrogens is 216 g/mol. The number of rotatable bonds is 6. The fourth-order valence-corrected chi connectivity index (χ4v) is 1.39. The lowest BCUT2D eigenvalue weighted by Gasteiger charge is -2.20. The molecule has 1 amide bonds. The van der Waals surface area contributed by atoms with Crippen LogP contribution in [0.3, 0.4) is 0 Å². The molecule has 0 spiro atoms. The van der Waals surface area contributed by atoms with E-state index in [-0.39, 0.29) is 11.4 Å². The number of aromatic amines is 1. The van der Waals surface area contributed by atoms with Gasteiger partial charge in [0.15, 0.2) is 0 Å². The van der Waals surface area contributed by atoms with Gasteiger partial charge in [-0.2, -0.15) is 0 Å². The Morgan fingerprint density at radius 3 is 2.76 bits per heavy atom. The van der Waals surface area contributed by atoms with Gasteiger partial charge in [-0.3, -0.25) is 4.79 Å². The number of nitrogens with one attached hydrogen (secondary N) is 3. The smallest absolute Gasteiger partial charge is 0.221 e. The quantitative estimate of drug-likeness (QED) is 0.688. The van der Waals surface area contributed by atoms with E-state index in [9.17, 15) is 4.79 Å². The van der Waals surface area contributed by atoms with Gasteiger partial charge in [-0.25, -0.2) is 4.98 Å². The van der Waals surface area contributed by atoms with Gasteiger partial charge in [0.1, 0.15) is 5.82 Å². The Kier molecular flexibility index (Phi) is 5.15. The molecule has 5 nitrogen and oxygen atoms in total. The van der Waals surface area contributed by atoms with Crippen LogP contribution in [-0.2, 0) is 11.2 Å². The number of carbonyl (C=O) groups excluding carboxylic acids is 1. The van der Waals surface area contributed by atoms with Crippen molar-refractivity contribution in [2.24, 2.45) is 0 Å². The van der Waals surface area contributed by atoms with E-state index >= 15 is 0 Å². The largest absolute Gasteiger partial charge is 0.356 e. The van der Waals surface area contributed by atoms with Gasteiger partial charge in [0.05, 0.1) is 0 Å². The lowest BCUT2D eigenvalue weighted by molar-refractivity contribution is -0.121. The fourth-order valence-electron chi connectivity index (χ4n) is 1.39. The van der Waals surface area contributed by atoms with Gasteiger partial charge in [-0.15, -0.1) is 0 Å². The third-order valence-corrected chi connectivity index (χ3v) is 2.25. The minimum atomic E-state index is 0.0639. The first-order chi connectivity index (χ1) is 7.97. The van der Waals surface area contributed by atoms with Crippen LogP contribution in [0.2, 0.25) is 0 Å².